The summed E-state index contributed by atoms with van der Waals surface area (Å²) < 4.78 is 35.1. The number of hydrogen-bond donors (Lipinski definition) is 0. The highest BCUT2D eigenvalue weighted by molar-refractivity contribution is 5.84. The summed E-state index contributed by atoms with van der Waals surface area (Å²) in [6, 6.07) is 21.8. The third kappa shape index (κ3) is 6.91. The number of esters is 1. The van der Waals surface area contributed by atoms with Gasteiger partial charge >= 0.3 is 5.97 Å². The van der Waals surface area contributed by atoms with E-state index >= 15 is 4.39 Å². The Morgan fingerprint density at radius 3 is 2.56 bits per heavy atom. The lowest BCUT2D eigenvalue weighted by molar-refractivity contribution is -0.164. The van der Waals surface area contributed by atoms with Crippen molar-refractivity contribution in [2.75, 3.05) is 31.7 Å². The van der Waals surface area contributed by atoms with Crippen molar-refractivity contribution in [1.29, 1.82) is 0 Å². The highest BCUT2D eigenvalue weighted by Gasteiger charge is 2.35. The number of aromatic nitrogens is 3. The zero-order valence-electron chi connectivity index (χ0n) is 29.3. The van der Waals surface area contributed by atoms with Crippen molar-refractivity contribution in [3.63, 3.8) is 0 Å². The van der Waals surface area contributed by atoms with Gasteiger partial charge in [0.2, 0.25) is 0 Å². The van der Waals surface area contributed by atoms with Crippen LogP contribution in [0, 0.1) is 12.7 Å². The molecule has 1 aliphatic rings. The monoisotopic (exact) mass is 674 g/mol. The summed E-state index contributed by atoms with van der Waals surface area (Å²) in [4.78, 5) is 20.4. The van der Waals surface area contributed by atoms with Gasteiger partial charge in [-0.3, -0.25) is 0 Å². The van der Waals surface area contributed by atoms with Crippen LogP contribution in [0.4, 0.5) is 10.1 Å². The van der Waals surface area contributed by atoms with Gasteiger partial charge in [-0.2, -0.15) is 5.10 Å². The molecular formula is C41H43FN4O4. The number of nitrogens with zero attached hydrogens (tertiary/aromatic N) is 4. The number of allylic oxidation sites excluding steroid dienone is 1. The number of aryl methyl sites for hydroxylation is 2. The average Bonchev–Trinajstić information content (AvgIpc) is 3.52. The van der Waals surface area contributed by atoms with Gasteiger partial charge in [-0.1, -0.05) is 54.6 Å². The van der Waals surface area contributed by atoms with Crippen LogP contribution >= 0.6 is 0 Å². The maximum absolute atomic E-state index is 16.0. The molecule has 0 radical (unpaired) electrons. The highest BCUT2D eigenvalue weighted by atomic mass is 19.1. The molecule has 50 heavy (non-hydrogen) atoms. The minimum Gasteiger partial charge on any atom is -0.486 e. The molecule has 6 rings (SSSR count). The molecule has 2 aromatic heterocycles. The number of halogens is 1. The van der Waals surface area contributed by atoms with Crippen molar-refractivity contribution in [3.8, 4) is 39.4 Å². The second-order valence-electron chi connectivity index (χ2n) is 13.3. The topological polar surface area (TPSA) is 78.2 Å². The summed E-state index contributed by atoms with van der Waals surface area (Å²) in [7, 11) is 1.32. The number of ether oxygens (including phenoxy) is 3. The van der Waals surface area contributed by atoms with Crippen molar-refractivity contribution in [2.45, 2.75) is 52.2 Å². The Balaban J connectivity index is 1.59. The zero-order valence-corrected chi connectivity index (χ0v) is 29.3. The van der Waals surface area contributed by atoms with E-state index in [0.717, 1.165) is 29.5 Å². The first-order valence-electron chi connectivity index (χ1n) is 16.8. The Labute approximate surface area is 292 Å². The third-order valence-electron chi connectivity index (χ3n) is 8.68. The van der Waals surface area contributed by atoms with Gasteiger partial charge in [0, 0.05) is 35.0 Å². The lowest BCUT2D eigenvalue weighted by Gasteiger charge is -2.32. The second kappa shape index (κ2) is 14.3. The Morgan fingerprint density at radius 1 is 1.04 bits per heavy atom. The van der Waals surface area contributed by atoms with Crippen molar-refractivity contribution >= 4 is 17.3 Å². The summed E-state index contributed by atoms with van der Waals surface area (Å²) in [5, 5.41) is 5.08. The van der Waals surface area contributed by atoms with Crippen LogP contribution in [0.3, 0.4) is 0 Å². The van der Waals surface area contributed by atoms with Gasteiger partial charge in [0.05, 0.1) is 36.3 Å². The maximum atomic E-state index is 16.0. The Bertz CT molecular complexity index is 2080. The van der Waals surface area contributed by atoms with E-state index < -0.39 is 23.5 Å². The summed E-state index contributed by atoms with van der Waals surface area (Å²) in [5.41, 5.74) is 7.30. The Morgan fingerprint density at radius 2 is 1.82 bits per heavy atom. The summed E-state index contributed by atoms with van der Waals surface area (Å²) >= 11 is 0. The number of fused-ring (bicyclic) bond motifs is 2. The molecule has 3 heterocycles. The summed E-state index contributed by atoms with van der Waals surface area (Å²) in [6.07, 6.45) is 4.30. The molecule has 0 amide bonds. The van der Waals surface area contributed by atoms with Gasteiger partial charge in [-0.15, -0.1) is 13.2 Å². The molecule has 0 saturated carbocycles. The Kier molecular flexibility index (Phi) is 9.88. The van der Waals surface area contributed by atoms with Gasteiger partial charge in [0.1, 0.15) is 6.61 Å². The predicted octanol–water partition coefficient (Wildman–Crippen LogP) is 8.71. The van der Waals surface area contributed by atoms with E-state index in [9.17, 15) is 4.79 Å². The molecule has 3 aromatic carbocycles. The van der Waals surface area contributed by atoms with Gasteiger partial charge < -0.3 is 19.1 Å². The molecule has 258 valence electrons. The van der Waals surface area contributed by atoms with Crippen LogP contribution in [0.1, 0.15) is 50.1 Å². The van der Waals surface area contributed by atoms with Crippen LogP contribution in [0.5, 0.6) is 5.75 Å². The van der Waals surface area contributed by atoms with E-state index in [-0.39, 0.29) is 5.75 Å². The maximum Gasteiger partial charge on any atom is 0.339 e. The van der Waals surface area contributed by atoms with Gasteiger partial charge in [0.25, 0.3) is 0 Å². The summed E-state index contributed by atoms with van der Waals surface area (Å²) in [5.74, 6) is -0.954. The fourth-order valence-corrected chi connectivity index (χ4v) is 6.49. The van der Waals surface area contributed by atoms with Crippen LogP contribution in [0.15, 0.2) is 92.0 Å². The fraction of sp³-hybridized carbons (Fsp3) is 0.293. The van der Waals surface area contributed by atoms with E-state index in [1.165, 1.54) is 18.7 Å². The fourth-order valence-electron chi connectivity index (χ4n) is 6.49. The molecule has 0 aliphatic carbocycles. The van der Waals surface area contributed by atoms with Crippen molar-refractivity contribution < 1.29 is 23.4 Å². The average molecular weight is 675 g/mol. The number of benzene rings is 3. The van der Waals surface area contributed by atoms with Crippen molar-refractivity contribution in [2.24, 2.45) is 0 Å². The molecule has 0 N–H and O–H groups in total. The van der Waals surface area contributed by atoms with E-state index in [1.54, 1.807) is 10.6 Å². The predicted molar refractivity (Wildman–Crippen MR) is 196 cm³/mol. The van der Waals surface area contributed by atoms with Gasteiger partial charge in [-0.25, -0.2) is 18.7 Å². The molecule has 8 nitrogen and oxygen atoms in total. The molecule has 0 saturated heterocycles. The zero-order chi connectivity index (χ0) is 35.6. The number of rotatable bonds is 11. The molecule has 5 aromatic rings. The molecule has 1 unspecified atom stereocenters. The number of carbonyl (C=O) groups excluding carboxylic acids is 1. The number of hydrogen-bond acceptors (Lipinski definition) is 7. The molecule has 1 atom stereocenters. The normalized spacial score (nSPS) is 13.4. The van der Waals surface area contributed by atoms with Crippen LogP contribution in [0.25, 0.3) is 39.3 Å². The quantitative estimate of drug-likeness (QED) is 0.102. The van der Waals surface area contributed by atoms with Crippen LogP contribution in [-0.2, 0) is 20.7 Å². The molecular weight excluding hydrogens is 631 g/mol. The molecule has 1 aliphatic heterocycles. The van der Waals surface area contributed by atoms with E-state index in [2.05, 4.69) is 43.5 Å². The van der Waals surface area contributed by atoms with Crippen LogP contribution < -0.4 is 9.64 Å². The Hall–Kier alpha value is -5.28. The van der Waals surface area contributed by atoms with Gasteiger partial charge in [-0.05, 0) is 75.4 Å². The van der Waals surface area contributed by atoms with Crippen LogP contribution in [0.2, 0.25) is 0 Å². The minimum absolute atomic E-state index is 0.173. The van der Waals surface area contributed by atoms with Crippen molar-refractivity contribution in [1.82, 2.24) is 14.6 Å². The standard InChI is InChI=1S/C41H43FN4O4/c1-8-10-14-27-15-11-12-18-31(27)28-16-13-17-29(22-28)33-25-35-43-26(3)36(39(40(47)48-7)50-41(4,5)6)37(46(35)44-33)30-23-32(42)38-34(24-30)45(19-9-2)20-21-49-38/h8-9,11-13,15-18,22-25,39H,1-2,10,14,19-21H2,3-7H3. The lowest BCUT2D eigenvalue weighted by atomic mass is 9.95. The SMILES string of the molecule is C=CCCc1ccccc1-c1cccc(-c2cc3nc(C)c(C(OC(C)(C)C)C(=O)OC)c(-c4cc(F)c5c(c4)N(CC=C)CCO5)n3n2)c1. The van der Waals surface area contributed by atoms with E-state index in [0.29, 0.717) is 59.2 Å². The third-order valence-corrected chi connectivity index (χ3v) is 8.68. The summed E-state index contributed by atoms with van der Waals surface area (Å²) in [6.45, 7) is 16.6. The molecule has 0 spiro atoms. The lowest BCUT2D eigenvalue weighted by Crippen LogP contribution is -2.33. The number of carbonyl (C=O) groups is 1. The largest absolute Gasteiger partial charge is 0.486 e. The number of methoxy groups -OCH3 is 1. The second-order valence-corrected chi connectivity index (χ2v) is 13.3. The first-order valence-corrected chi connectivity index (χ1v) is 16.8. The first kappa shape index (κ1) is 34.6. The molecule has 0 fully saturated rings. The van der Waals surface area contributed by atoms with Gasteiger partial charge in [0.15, 0.2) is 23.3 Å². The first-order chi connectivity index (χ1) is 24.0. The smallest absolute Gasteiger partial charge is 0.339 e. The van der Waals surface area contributed by atoms with Crippen molar-refractivity contribution in [3.05, 3.63) is 115 Å². The molecule has 0 bridgehead atoms. The number of anilines is 1. The van der Waals surface area contributed by atoms with Crippen LogP contribution in [-0.4, -0.2) is 53.0 Å². The molecule has 9 heteroatoms. The highest BCUT2D eigenvalue weighted by Crippen LogP contribution is 2.42. The minimum atomic E-state index is -1.17. The van der Waals surface area contributed by atoms with E-state index in [1.807, 2.05) is 69.0 Å². The van der Waals surface area contributed by atoms with E-state index in [4.69, 9.17) is 24.3 Å².